The van der Waals surface area contributed by atoms with E-state index in [1.807, 2.05) is 0 Å². The lowest BCUT2D eigenvalue weighted by atomic mass is 10.0. The van der Waals surface area contributed by atoms with Gasteiger partial charge in [0.05, 0.1) is 0 Å². The molecule has 0 saturated heterocycles. The van der Waals surface area contributed by atoms with Crippen molar-refractivity contribution in [3.05, 3.63) is 12.2 Å². The summed E-state index contributed by atoms with van der Waals surface area (Å²) in [6.45, 7) is 6.80. The molecular formula is C11H22. The van der Waals surface area contributed by atoms with E-state index in [0.717, 1.165) is 5.92 Å². The topological polar surface area (TPSA) is 0 Å². The maximum absolute atomic E-state index is 2.35. The minimum atomic E-state index is 0.918. The molecule has 0 nitrogen and oxygen atoms in total. The Hall–Kier alpha value is -0.260. The van der Waals surface area contributed by atoms with Gasteiger partial charge in [-0.2, -0.15) is 0 Å². The third-order valence-corrected chi connectivity index (χ3v) is 2.01. The highest BCUT2D eigenvalue weighted by atomic mass is 14.0. The summed E-state index contributed by atoms with van der Waals surface area (Å²) < 4.78 is 0. The fourth-order valence-electron chi connectivity index (χ4n) is 1.30. The van der Waals surface area contributed by atoms with E-state index in [0.29, 0.717) is 0 Å². The fraction of sp³-hybridized carbons (Fsp3) is 0.818. The van der Waals surface area contributed by atoms with E-state index in [2.05, 4.69) is 32.9 Å². The quantitative estimate of drug-likeness (QED) is 0.504. The zero-order valence-electron chi connectivity index (χ0n) is 8.27. The van der Waals surface area contributed by atoms with Crippen molar-refractivity contribution < 1.29 is 0 Å². The molecule has 0 saturated carbocycles. The first-order valence-corrected chi connectivity index (χ1v) is 4.96. The van der Waals surface area contributed by atoms with Crippen LogP contribution in [0.2, 0.25) is 0 Å². The van der Waals surface area contributed by atoms with Gasteiger partial charge in [0.25, 0.3) is 0 Å². The van der Waals surface area contributed by atoms with Gasteiger partial charge in [-0.15, -0.1) is 0 Å². The third-order valence-electron chi connectivity index (χ3n) is 2.01. The van der Waals surface area contributed by atoms with Crippen LogP contribution in [0.5, 0.6) is 0 Å². The van der Waals surface area contributed by atoms with Gasteiger partial charge in [-0.05, 0) is 25.2 Å². The molecular weight excluding hydrogens is 132 g/mol. The lowest BCUT2D eigenvalue weighted by molar-refractivity contribution is 0.490. The summed E-state index contributed by atoms with van der Waals surface area (Å²) in [4.78, 5) is 0. The Labute approximate surface area is 71.7 Å². The van der Waals surface area contributed by atoms with Gasteiger partial charge in [0.1, 0.15) is 0 Å². The molecule has 0 rings (SSSR count). The Bertz CT molecular complexity index is 92.2. The van der Waals surface area contributed by atoms with Gasteiger partial charge in [-0.25, -0.2) is 0 Å². The molecule has 0 aromatic heterocycles. The lowest BCUT2D eigenvalue weighted by Crippen LogP contribution is -1.91. The maximum Gasteiger partial charge on any atom is -0.0348 e. The molecule has 0 radical (unpaired) electrons. The molecule has 0 aromatic rings. The smallest absolute Gasteiger partial charge is 0.0348 e. The van der Waals surface area contributed by atoms with Gasteiger partial charge in [-0.1, -0.05) is 45.8 Å². The van der Waals surface area contributed by atoms with Crippen molar-refractivity contribution >= 4 is 0 Å². The summed E-state index contributed by atoms with van der Waals surface area (Å²) in [7, 11) is 0. The number of rotatable bonds is 6. The summed E-state index contributed by atoms with van der Waals surface area (Å²) >= 11 is 0. The van der Waals surface area contributed by atoms with Gasteiger partial charge in [0.2, 0.25) is 0 Å². The molecule has 11 heavy (non-hydrogen) atoms. The minimum Gasteiger partial charge on any atom is -0.0888 e. The zero-order valence-corrected chi connectivity index (χ0v) is 8.27. The third kappa shape index (κ3) is 7.64. The molecule has 0 aliphatic carbocycles. The van der Waals surface area contributed by atoms with Gasteiger partial charge < -0.3 is 0 Å². The molecule has 0 spiro atoms. The van der Waals surface area contributed by atoms with Gasteiger partial charge >= 0.3 is 0 Å². The second-order valence-electron chi connectivity index (χ2n) is 3.35. The molecule has 0 amide bonds. The van der Waals surface area contributed by atoms with Crippen molar-refractivity contribution in [2.45, 2.75) is 52.9 Å². The second kappa shape index (κ2) is 7.84. The van der Waals surface area contributed by atoms with Crippen LogP contribution < -0.4 is 0 Å². The molecule has 0 heterocycles. The Morgan fingerprint density at radius 1 is 1.09 bits per heavy atom. The van der Waals surface area contributed by atoms with Crippen LogP contribution in [-0.2, 0) is 0 Å². The van der Waals surface area contributed by atoms with E-state index in [-0.39, 0.29) is 0 Å². The standard InChI is InChI=1S/C11H22/c1-4-6-7-8-10-11(3)9-5-2/h6-7,11H,4-5,8-10H2,1-3H3/b7-6+. The molecule has 0 aliphatic heterocycles. The molecule has 0 fully saturated rings. The summed E-state index contributed by atoms with van der Waals surface area (Å²) in [5, 5.41) is 0. The van der Waals surface area contributed by atoms with E-state index in [4.69, 9.17) is 0 Å². The van der Waals surface area contributed by atoms with Crippen molar-refractivity contribution in [3.63, 3.8) is 0 Å². The molecule has 0 aliphatic rings. The molecule has 1 unspecified atom stereocenters. The predicted octanol–water partition coefficient (Wildman–Crippen LogP) is 4.17. The maximum atomic E-state index is 2.35. The van der Waals surface area contributed by atoms with Crippen molar-refractivity contribution in [2.24, 2.45) is 5.92 Å². The lowest BCUT2D eigenvalue weighted by Gasteiger charge is -2.06. The van der Waals surface area contributed by atoms with Crippen LogP contribution in [0, 0.1) is 5.92 Å². The minimum absolute atomic E-state index is 0.918. The summed E-state index contributed by atoms with van der Waals surface area (Å²) in [5.41, 5.74) is 0. The summed E-state index contributed by atoms with van der Waals surface area (Å²) in [5.74, 6) is 0.918. The van der Waals surface area contributed by atoms with Crippen LogP contribution in [0.1, 0.15) is 52.9 Å². The highest BCUT2D eigenvalue weighted by molar-refractivity contribution is 4.80. The van der Waals surface area contributed by atoms with Crippen molar-refractivity contribution in [1.82, 2.24) is 0 Å². The van der Waals surface area contributed by atoms with E-state index in [1.165, 1.54) is 32.1 Å². The molecule has 0 aromatic carbocycles. The number of hydrogen-bond donors (Lipinski definition) is 0. The second-order valence-corrected chi connectivity index (χ2v) is 3.35. The van der Waals surface area contributed by atoms with Gasteiger partial charge in [-0.3, -0.25) is 0 Å². The Morgan fingerprint density at radius 3 is 2.36 bits per heavy atom. The van der Waals surface area contributed by atoms with Crippen molar-refractivity contribution in [2.75, 3.05) is 0 Å². The van der Waals surface area contributed by atoms with Gasteiger partial charge in [0.15, 0.2) is 0 Å². The average molecular weight is 154 g/mol. The number of hydrogen-bond acceptors (Lipinski definition) is 0. The van der Waals surface area contributed by atoms with Crippen molar-refractivity contribution in [3.8, 4) is 0 Å². The Kier molecular flexibility index (Phi) is 7.66. The van der Waals surface area contributed by atoms with Crippen LogP contribution >= 0.6 is 0 Å². The summed E-state index contributed by atoms with van der Waals surface area (Å²) in [6.07, 6.45) is 11.1. The van der Waals surface area contributed by atoms with Crippen LogP contribution in [0.3, 0.4) is 0 Å². The Balaban J connectivity index is 3.16. The average Bonchev–Trinajstić information content (AvgIpc) is 1.99. The van der Waals surface area contributed by atoms with Crippen LogP contribution in [-0.4, -0.2) is 0 Å². The first kappa shape index (κ1) is 10.7. The van der Waals surface area contributed by atoms with E-state index in [1.54, 1.807) is 0 Å². The number of allylic oxidation sites excluding steroid dienone is 2. The summed E-state index contributed by atoms with van der Waals surface area (Å²) in [6, 6.07) is 0. The molecule has 0 bridgehead atoms. The largest absolute Gasteiger partial charge is 0.0888 e. The van der Waals surface area contributed by atoms with Gasteiger partial charge in [0, 0.05) is 0 Å². The zero-order chi connectivity index (χ0) is 8.53. The van der Waals surface area contributed by atoms with Crippen LogP contribution in [0.25, 0.3) is 0 Å². The Morgan fingerprint density at radius 2 is 1.82 bits per heavy atom. The first-order chi connectivity index (χ1) is 5.31. The highest BCUT2D eigenvalue weighted by Gasteiger charge is 1.97. The fourth-order valence-corrected chi connectivity index (χ4v) is 1.30. The molecule has 66 valence electrons. The highest BCUT2D eigenvalue weighted by Crippen LogP contribution is 2.12. The van der Waals surface area contributed by atoms with E-state index >= 15 is 0 Å². The monoisotopic (exact) mass is 154 g/mol. The molecule has 0 N–H and O–H groups in total. The normalized spacial score (nSPS) is 14.1. The van der Waals surface area contributed by atoms with E-state index < -0.39 is 0 Å². The van der Waals surface area contributed by atoms with E-state index in [9.17, 15) is 0 Å². The SMILES string of the molecule is CC/C=C/CCC(C)CCC. The molecule has 0 heteroatoms. The van der Waals surface area contributed by atoms with Crippen molar-refractivity contribution in [1.29, 1.82) is 0 Å². The van der Waals surface area contributed by atoms with Crippen LogP contribution in [0.15, 0.2) is 12.2 Å². The molecule has 1 atom stereocenters. The first-order valence-electron chi connectivity index (χ1n) is 4.96. The predicted molar refractivity (Wildman–Crippen MR) is 52.7 cm³/mol. The van der Waals surface area contributed by atoms with Crippen LogP contribution in [0.4, 0.5) is 0 Å².